The summed E-state index contributed by atoms with van der Waals surface area (Å²) < 4.78 is 0. The van der Waals surface area contributed by atoms with Crippen molar-refractivity contribution in [3.8, 4) is 0 Å². The SMILES string of the molecule is C[CH-]C(C)C(C)Cl.[W]. The molecule has 0 N–H and O–H groups in total. The number of hydrogen-bond donors (Lipinski definition) is 0. The molecule has 0 nitrogen and oxygen atoms in total. The van der Waals surface area contributed by atoms with Crippen molar-refractivity contribution < 1.29 is 21.1 Å². The fraction of sp³-hybridized carbons (Fsp3) is 0.833. The van der Waals surface area contributed by atoms with Crippen molar-refractivity contribution in [2.24, 2.45) is 5.92 Å². The third kappa shape index (κ3) is 5.12. The maximum Gasteiger partial charge on any atom is 0.00630 e. The summed E-state index contributed by atoms with van der Waals surface area (Å²) in [6, 6.07) is 0. The molecule has 0 saturated heterocycles. The van der Waals surface area contributed by atoms with Gasteiger partial charge < -0.3 is 6.42 Å². The number of rotatable bonds is 2. The van der Waals surface area contributed by atoms with E-state index in [2.05, 4.69) is 13.3 Å². The first-order valence-electron chi connectivity index (χ1n) is 2.62. The first-order chi connectivity index (χ1) is 3.18. The Kier molecular flexibility index (Phi) is 8.95. The van der Waals surface area contributed by atoms with E-state index in [0.29, 0.717) is 5.92 Å². The molecule has 0 amide bonds. The van der Waals surface area contributed by atoms with Crippen LogP contribution in [0.3, 0.4) is 0 Å². The molecule has 2 atom stereocenters. The van der Waals surface area contributed by atoms with E-state index >= 15 is 0 Å². The van der Waals surface area contributed by atoms with Crippen molar-refractivity contribution >= 4 is 11.6 Å². The van der Waals surface area contributed by atoms with Gasteiger partial charge in [0.25, 0.3) is 0 Å². The molecule has 2 unspecified atom stereocenters. The Bertz CT molecular complexity index is 45.8. The molecule has 0 rings (SSSR count). The molecular weight excluding hydrogens is 291 g/mol. The number of hydrogen-bond acceptors (Lipinski definition) is 0. The largest absolute Gasteiger partial charge is 0.327 e. The van der Waals surface area contributed by atoms with E-state index < -0.39 is 0 Å². The molecule has 0 aromatic rings. The molecule has 8 heavy (non-hydrogen) atoms. The van der Waals surface area contributed by atoms with Crippen LogP contribution in [0.2, 0.25) is 0 Å². The Labute approximate surface area is 71.3 Å². The van der Waals surface area contributed by atoms with Gasteiger partial charge >= 0.3 is 0 Å². The standard InChI is InChI=1S/C6H12Cl.W/c1-4-5(2)6(3)7;/h4-6H,1-3H3;/q-1;. The summed E-state index contributed by atoms with van der Waals surface area (Å²) >= 11 is 5.70. The van der Waals surface area contributed by atoms with E-state index in [1.165, 1.54) is 0 Å². The van der Waals surface area contributed by atoms with Crippen molar-refractivity contribution in [1.82, 2.24) is 0 Å². The molecule has 0 spiro atoms. The van der Waals surface area contributed by atoms with Crippen LogP contribution >= 0.6 is 11.6 Å². The van der Waals surface area contributed by atoms with E-state index in [0.717, 1.165) is 0 Å². The predicted molar refractivity (Wildman–Crippen MR) is 34.5 cm³/mol. The monoisotopic (exact) mass is 303 g/mol. The van der Waals surface area contributed by atoms with Gasteiger partial charge in [-0.1, -0.05) is 13.8 Å². The smallest absolute Gasteiger partial charge is 0.00630 e. The summed E-state index contributed by atoms with van der Waals surface area (Å²) in [6.45, 7) is 6.15. The summed E-state index contributed by atoms with van der Waals surface area (Å²) in [5, 5.41) is 0.282. The third-order valence-corrected chi connectivity index (χ3v) is 1.65. The van der Waals surface area contributed by atoms with E-state index in [1.807, 2.05) is 13.8 Å². The van der Waals surface area contributed by atoms with Crippen molar-refractivity contribution in [2.75, 3.05) is 0 Å². The van der Waals surface area contributed by atoms with Crippen LogP contribution in [0.25, 0.3) is 0 Å². The molecule has 2 heteroatoms. The Morgan fingerprint density at radius 1 is 1.38 bits per heavy atom. The molecule has 0 heterocycles. The fourth-order valence-corrected chi connectivity index (χ4v) is 0.411. The molecule has 0 aliphatic rings. The quantitative estimate of drug-likeness (QED) is 0.543. The van der Waals surface area contributed by atoms with E-state index in [9.17, 15) is 0 Å². The molecule has 0 radical (unpaired) electrons. The Balaban J connectivity index is 0. The first kappa shape index (κ1) is 11.7. The van der Waals surface area contributed by atoms with E-state index in [4.69, 9.17) is 11.6 Å². The Morgan fingerprint density at radius 2 is 1.75 bits per heavy atom. The molecule has 0 fully saturated rings. The van der Waals surface area contributed by atoms with Crippen LogP contribution in [0.5, 0.6) is 0 Å². The minimum Gasteiger partial charge on any atom is -0.327 e. The van der Waals surface area contributed by atoms with Crippen molar-refractivity contribution in [3.63, 3.8) is 0 Å². The van der Waals surface area contributed by atoms with E-state index in [1.54, 1.807) is 0 Å². The van der Waals surface area contributed by atoms with Crippen LogP contribution < -0.4 is 0 Å². The summed E-state index contributed by atoms with van der Waals surface area (Å²) in [5.41, 5.74) is 0. The van der Waals surface area contributed by atoms with Gasteiger partial charge in [0, 0.05) is 26.4 Å². The van der Waals surface area contributed by atoms with Crippen LogP contribution in [0.15, 0.2) is 0 Å². The third-order valence-electron chi connectivity index (χ3n) is 1.25. The number of alkyl halides is 1. The Hall–Kier alpha value is 0.978. The number of halogens is 1. The van der Waals surface area contributed by atoms with Gasteiger partial charge in [-0.2, -0.15) is 12.8 Å². The molecule has 0 aromatic heterocycles. The van der Waals surface area contributed by atoms with Crippen molar-refractivity contribution in [1.29, 1.82) is 0 Å². The van der Waals surface area contributed by atoms with Crippen LogP contribution in [-0.2, 0) is 21.1 Å². The van der Waals surface area contributed by atoms with E-state index in [-0.39, 0.29) is 26.4 Å². The average molecular weight is 303 g/mol. The second-order valence-electron chi connectivity index (χ2n) is 1.87. The van der Waals surface area contributed by atoms with Gasteiger partial charge in [0.15, 0.2) is 0 Å². The molecule has 50 valence electrons. The zero-order valence-electron chi connectivity index (χ0n) is 5.52. The molecule has 0 bridgehead atoms. The minimum absolute atomic E-state index is 0. The summed E-state index contributed by atoms with van der Waals surface area (Å²) in [5.74, 6) is 0.543. The molecule has 0 aliphatic carbocycles. The molecule has 0 aliphatic heterocycles. The molecule has 0 aromatic carbocycles. The van der Waals surface area contributed by atoms with Gasteiger partial charge in [-0.15, -0.1) is 11.6 Å². The zero-order valence-corrected chi connectivity index (χ0v) is 9.21. The molecule has 0 saturated carbocycles. The van der Waals surface area contributed by atoms with Gasteiger partial charge in [-0.05, 0) is 0 Å². The van der Waals surface area contributed by atoms with Gasteiger partial charge in [0.2, 0.25) is 0 Å². The van der Waals surface area contributed by atoms with Gasteiger partial charge in [-0.3, -0.25) is 0 Å². The normalized spacial score (nSPS) is 16.5. The summed E-state index contributed by atoms with van der Waals surface area (Å²) in [4.78, 5) is 0. The fourth-order valence-electron chi connectivity index (χ4n) is 0.265. The van der Waals surface area contributed by atoms with Crippen LogP contribution in [-0.4, -0.2) is 5.38 Å². The van der Waals surface area contributed by atoms with Gasteiger partial charge in [0.05, 0.1) is 0 Å². The first-order valence-corrected chi connectivity index (χ1v) is 3.05. The zero-order chi connectivity index (χ0) is 5.86. The van der Waals surface area contributed by atoms with Gasteiger partial charge in [0.1, 0.15) is 0 Å². The van der Waals surface area contributed by atoms with Gasteiger partial charge in [-0.25, -0.2) is 0 Å². The summed E-state index contributed by atoms with van der Waals surface area (Å²) in [6.07, 6.45) is 2.11. The second-order valence-corrected chi connectivity index (χ2v) is 2.56. The molecular formula is C6H12ClW-. The van der Waals surface area contributed by atoms with Crippen LogP contribution in [0, 0.1) is 12.3 Å². The second kappa shape index (κ2) is 6.10. The minimum atomic E-state index is 0. The van der Waals surface area contributed by atoms with Crippen molar-refractivity contribution in [2.45, 2.75) is 26.1 Å². The van der Waals surface area contributed by atoms with Crippen LogP contribution in [0.4, 0.5) is 0 Å². The predicted octanol–water partition coefficient (Wildman–Crippen LogP) is 2.47. The maximum absolute atomic E-state index is 5.70. The van der Waals surface area contributed by atoms with Crippen LogP contribution in [0.1, 0.15) is 20.8 Å². The topological polar surface area (TPSA) is 0 Å². The van der Waals surface area contributed by atoms with Crippen molar-refractivity contribution in [3.05, 3.63) is 6.42 Å². The maximum atomic E-state index is 5.70. The average Bonchev–Trinajstić information content (AvgIpc) is 1.65. The Morgan fingerprint density at radius 3 is 1.75 bits per heavy atom. The summed E-state index contributed by atoms with van der Waals surface area (Å²) in [7, 11) is 0.